The maximum Gasteiger partial charge on any atom is 0.229 e. The summed E-state index contributed by atoms with van der Waals surface area (Å²) in [6, 6.07) is 2.20. The maximum atomic E-state index is 13.7. The summed E-state index contributed by atoms with van der Waals surface area (Å²) >= 11 is 0. The first-order valence-corrected chi connectivity index (χ1v) is 10.3. The molecule has 4 bridgehead atoms. The standard InChI is InChI=1S/C21H30N2O2/c1-13(2)17-9-19(25-22-17)18-4-3-5-23(18)20(24)21-10-14-6-15(11-21)8-16(7-14)12-21/h9,13-16,18H,3-8,10-12H2,1-2H3/t14?,15?,16?,18-,21?/m0/s1. The van der Waals surface area contributed by atoms with Gasteiger partial charge in [-0.3, -0.25) is 4.79 Å². The largest absolute Gasteiger partial charge is 0.359 e. The lowest BCUT2D eigenvalue weighted by atomic mass is 9.49. The van der Waals surface area contributed by atoms with Crippen molar-refractivity contribution in [3.63, 3.8) is 0 Å². The highest BCUT2D eigenvalue weighted by Crippen LogP contribution is 2.61. The number of hydrogen-bond acceptors (Lipinski definition) is 3. The van der Waals surface area contributed by atoms with Crippen LogP contribution in [0.1, 0.15) is 88.6 Å². The molecule has 6 rings (SSSR count). The molecule has 1 aromatic heterocycles. The van der Waals surface area contributed by atoms with Gasteiger partial charge in [0.25, 0.3) is 0 Å². The van der Waals surface area contributed by atoms with E-state index in [2.05, 4.69) is 30.0 Å². The van der Waals surface area contributed by atoms with Crippen molar-refractivity contribution >= 4 is 5.91 Å². The molecule has 0 radical (unpaired) electrons. The quantitative estimate of drug-likeness (QED) is 0.801. The van der Waals surface area contributed by atoms with Gasteiger partial charge in [0.2, 0.25) is 5.91 Å². The van der Waals surface area contributed by atoms with Gasteiger partial charge in [-0.1, -0.05) is 19.0 Å². The van der Waals surface area contributed by atoms with Crippen LogP contribution < -0.4 is 0 Å². The minimum atomic E-state index is -0.0434. The minimum absolute atomic E-state index is 0.0434. The van der Waals surface area contributed by atoms with E-state index in [0.717, 1.165) is 67.9 Å². The first kappa shape index (κ1) is 15.9. The molecule has 5 fully saturated rings. The molecule has 0 N–H and O–H groups in total. The normalized spacial score (nSPS) is 39.6. The summed E-state index contributed by atoms with van der Waals surface area (Å²) in [6.07, 6.45) is 9.70. The first-order valence-electron chi connectivity index (χ1n) is 10.3. The van der Waals surface area contributed by atoms with Crippen LogP contribution in [-0.2, 0) is 4.79 Å². The van der Waals surface area contributed by atoms with Gasteiger partial charge < -0.3 is 9.42 Å². The fourth-order valence-corrected chi connectivity index (χ4v) is 6.72. The molecule has 1 aliphatic heterocycles. The molecule has 1 saturated heterocycles. The smallest absolute Gasteiger partial charge is 0.229 e. The van der Waals surface area contributed by atoms with Crippen molar-refractivity contribution in [1.29, 1.82) is 0 Å². The van der Waals surface area contributed by atoms with Crippen molar-refractivity contribution < 1.29 is 9.32 Å². The topological polar surface area (TPSA) is 46.3 Å². The molecular formula is C21H30N2O2. The lowest BCUT2D eigenvalue weighted by Gasteiger charge is -2.56. The summed E-state index contributed by atoms with van der Waals surface area (Å²) in [6.45, 7) is 5.16. The molecule has 1 atom stereocenters. The molecule has 1 aromatic rings. The van der Waals surface area contributed by atoms with Crippen molar-refractivity contribution in [3.8, 4) is 0 Å². The Morgan fingerprint density at radius 2 is 1.84 bits per heavy atom. The lowest BCUT2D eigenvalue weighted by Crippen LogP contribution is -2.54. The van der Waals surface area contributed by atoms with Crippen molar-refractivity contribution in [3.05, 3.63) is 17.5 Å². The number of likely N-dealkylation sites (tertiary alicyclic amines) is 1. The molecule has 1 amide bonds. The number of hydrogen-bond donors (Lipinski definition) is 0. The molecule has 0 unspecified atom stereocenters. The lowest BCUT2D eigenvalue weighted by molar-refractivity contribution is -0.159. The zero-order valence-corrected chi connectivity index (χ0v) is 15.5. The van der Waals surface area contributed by atoms with Crippen LogP contribution in [0.4, 0.5) is 0 Å². The van der Waals surface area contributed by atoms with Gasteiger partial charge in [0.15, 0.2) is 5.76 Å². The second-order valence-electron chi connectivity index (χ2n) is 9.66. The number of rotatable bonds is 3. The molecule has 4 heteroatoms. The highest BCUT2D eigenvalue weighted by molar-refractivity contribution is 5.84. The van der Waals surface area contributed by atoms with Crippen LogP contribution in [0, 0.1) is 23.2 Å². The van der Waals surface area contributed by atoms with Gasteiger partial charge >= 0.3 is 0 Å². The van der Waals surface area contributed by atoms with Gasteiger partial charge in [-0.2, -0.15) is 0 Å². The Morgan fingerprint density at radius 3 is 2.40 bits per heavy atom. The Kier molecular flexibility index (Phi) is 3.55. The van der Waals surface area contributed by atoms with Crippen molar-refractivity contribution in [2.24, 2.45) is 23.2 Å². The highest BCUT2D eigenvalue weighted by atomic mass is 16.5. The molecule has 2 heterocycles. The van der Waals surface area contributed by atoms with Gasteiger partial charge in [0, 0.05) is 12.6 Å². The minimum Gasteiger partial charge on any atom is -0.359 e. The van der Waals surface area contributed by atoms with E-state index >= 15 is 0 Å². The SMILES string of the molecule is CC(C)c1cc([C@@H]2CCCN2C(=O)C23CC4CC(CC(C4)C2)C3)on1. The monoisotopic (exact) mass is 342 g/mol. The third-order valence-electron chi connectivity index (χ3n) is 7.47. The Bertz CT molecular complexity index is 642. The Balaban J connectivity index is 1.41. The molecule has 4 saturated carbocycles. The van der Waals surface area contributed by atoms with Crippen LogP contribution in [0.3, 0.4) is 0 Å². The van der Waals surface area contributed by atoms with Crippen LogP contribution in [0.15, 0.2) is 10.6 Å². The van der Waals surface area contributed by atoms with Gasteiger partial charge in [-0.05, 0) is 75.0 Å². The fraction of sp³-hybridized carbons (Fsp3) is 0.810. The van der Waals surface area contributed by atoms with Crippen molar-refractivity contribution in [1.82, 2.24) is 10.1 Å². The Labute approximate surface area is 150 Å². The fourth-order valence-electron chi connectivity index (χ4n) is 6.72. The van der Waals surface area contributed by atoms with Crippen LogP contribution in [0.25, 0.3) is 0 Å². The number of aromatic nitrogens is 1. The number of nitrogens with zero attached hydrogens (tertiary/aromatic N) is 2. The first-order chi connectivity index (χ1) is 12.0. The van der Waals surface area contributed by atoms with E-state index in [1.54, 1.807) is 0 Å². The molecule has 4 nitrogen and oxygen atoms in total. The van der Waals surface area contributed by atoms with Gasteiger partial charge in [-0.25, -0.2) is 0 Å². The van der Waals surface area contributed by atoms with E-state index in [9.17, 15) is 4.79 Å². The van der Waals surface area contributed by atoms with Crippen molar-refractivity contribution in [2.75, 3.05) is 6.54 Å². The number of carbonyl (C=O) groups excluding carboxylic acids is 1. The molecule has 136 valence electrons. The second kappa shape index (κ2) is 5.59. The zero-order chi connectivity index (χ0) is 17.2. The summed E-state index contributed by atoms with van der Waals surface area (Å²) < 4.78 is 5.67. The molecular weight excluding hydrogens is 312 g/mol. The average molecular weight is 342 g/mol. The molecule has 25 heavy (non-hydrogen) atoms. The van der Waals surface area contributed by atoms with Crippen LogP contribution in [0.5, 0.6) is 0 Å². The van der Waals surface area contributed by atoms with Gasteiger partial charge in [0.1, 0.15) is 0 Å². The third kappa shape index (κ3) is 2.47. The highest BCUT2D eigenvalue weighted by Gasteiger charge is 2.56. The predicted octanol–water partition coefficient (Wildman–Crippen LogP) is 4.68. The van der Waals surface area contributed by atoms with Crippen LogP contribution in [-0.4, -0.2) is 22.5 Å². The number of amides is 1. The molecule has 4 aliphatic carbocycles. The Morgan fingerprint density at radius 1 is 1.20 bits per heavy atom. The summed E-state index contributed by atoms with van der Waals surface area (Å²) in [5, 5.41) is 4.23. The Hall–Kier alpha value is -1.32. The molecule has 0 aromatic carbocycles. The van der Waals surface area contributed by atoms with Gasteiger partial charge in [0.05, 0.1) is 17.2 Å². The van der Waals surface area contributed by atoms with E-state index in [4.69, 9.17) is 4.52 Å². The second-order valence-corrected chi connectivity index (χ2v) is 9.66. The number of carbonyl (C=O) groups is 1. The summed E-state index contributed by atoms with van der Waals surface area (Å²) in [4.78, 5) is 15.9. The zero-order valence-electron chi connectivity index (χ0n) is 15.5. The van der Waals surface area contributed by atoms with E-state index < -0.39 is 0 Å². The summed E-state index contributed by atoms with van der Waals surface area (Å²) in [5.74, 6) is 4.15. The van der Waals surface area contributed by atoms with E-state index in [0.29, 0.717) is 11.8 Å². The van der Waals surface area contributed by atoms with Gasteiger partial charge in [-0.15, -0.1) is 0 Å². The summed E-state index contributed by atoms with van der Waals surface area (Å²) in [5.41, 5.74) is 0.960. The van der Waals surface area contributed by atoms with Crippen molar-refractivity contribution in [2.45, 2.75) is 77.2 Å². The van der Waals surface area contributed by atoms with Crippen LogP contribution >= 0.6 is 0 Å². The summed E-state index contributed by atoms with van der Waals surface area (Å²) in [7, 11) is 0. The maximum absolute atomic E-state index is 13.7. The van der Waals surface area contributed by atoms with E-state index in [-0.39, 0.29) is 11.5 Å². The molecule has 5 aliphatic rings. The molecule has 0 spiro atoms. The van der Waals surface area contributed by atoms with E-state index in [1.165, 1.54) is 19.3 Å². The third-order valence-corrected chi connectivity index (χ3v) is 7.47. The van der Waals surface area contributed by atoms with Crippen LogP contribution in [0.2, 0.25) is 0 Å². The van der Waals surface area contributed by atoms with E-state index in [1.807, 2.05) is 0 Å². The average Bonchev–Trinajstić information content (AvgIpc) is 3.22. The predicted molar refractivity (Wildman–Crippen MR) is 94.9 cm³/mol.